The van der Waals surface area contributed by atoms with E-state index in [9.17, 15) is 0 Å². The molecule has 1 aromatic carbocycles. The molecule has 0 saturated heterocycles. The minimum absolute atomic E-state index is 0.575. The summed E-state index contributed by atoms with van der Waals surface area (Å²) in [5.74, 6) is 0.575. The summed E-state index contributed by atoms with van der Waals surface area (Å²) in [7, 11) is 0. The van der Waals surface area contributed by atoms with Crippen LogP contribution in [0.4, 0.5) is 5.82 Å². The number of hydrogen-bond donors (Lipinski definition) is 1. The molecule has 0 spiro atoms. The van der Waals surface area contributed by atoms with Crippen molar-refractivity contribution < 1.29 is 0 Å². The first kappa shape index (κ1) is 10.7. The highest BCUT2D eigenvalue weighted by Gasteiger charge is 2.04. The van der Waals surface area contributed by atoms with Crippen LogP contribution in [0.2, 0.25) is 0 Å². The molecule has 2 N–H and O–H groups in total. The fourth-order valence-electron chi connectivity index (χ4n) is 2.02. The predicted octanol–water partition coefficient (Wildman–Crippen LogP) is 3.26. The maximum absolute atomic E-state index is 5.65. The number of nitrogen functional groups attached to an aromatic ring is 1. The summed E-state index contributed by atoms with van der Waals surface area (Å²) in [6.45, 7) is 6.20. The van der Waals surface area contributed by atoms with Gasteiger partial charge in [0.15, 0.2) is 0 Å². The molecule has 2 heteroatoms. The molecule has 2 rings (SSSR count). The molecule has 0 aliphatic heterocycles. The van der Waals surface area contributed by atoms with Gasteiger partial charge >= 0.3 is 0 Å². The summed E-state index contributed by atoms with van der Waals surface area (Å²) in [5, 5.41) is 0. The smallest absolute Gasteiger partial charge is 0.123 e. The summed E-state index contributed by atoms with van der Waals surface area (Å²) < 4.78 is 0. The number of anilines is 1. The molecule has 0 radical (unpaired) electrons. The van der Waals surface area contributed by atoms with Gasteiger partial charge in [0.1, 0.15) is 5.82 Å². The van der Waals surface area contributed by atoms with Gasteiger partial charge in [0.25, 0.3) is 0 Å². The Morgan fingerprint density at radius 3 is 2.12 bits per heavy atom. The lowest BCUT2D eigenvalue weighted by atomic mass is 10.00. The molecule has 0 aliphatic carbocycles. The molecule has 1 aromatic heterocycles. The van der Waals surface area contributed by atoms with Crippen molar-refractivity contribution in [2.45, 2.75) is 20.8 Å². The Morgan fingerprint density at radius 2 is 1.56 bits per heavy atom. The average molecular weight is 212 g/mol. The Balaban J connectivity index is 2.58. The average Bonchev–Trinajstić information content (AvgIpc) is 2.15. The van der Waals surface area contributed by atoms with Crippen LogP contribution in [0.1, 0.15) is 16.8 Å². The first-order valence-corrected chi connectivity index (χ1v) is 5.38. The lowest BCUT2D eigenvalue weighted by Gasteiger charge is -2.08. The molecule has 2 nitrogen and oxygen atoms in total. The van der Waals surface area contributed by atoms with E-state index in [1.54, 1.807) is 0 Å². The van der Waals surface area contributed by atoms with Crippen molar-refractivity contribution in [1.29, 1.82) is 0 Å². The second-order valence-electron chi connectivity index (χ2n) is 4.25. The maximum atomic E-state index is 5.65. The van der Waals surface area contributed by atoms with E-state index in [1.807, 2.05) is 19.1 Å². The van der Waals surface area contributed by atoms with Crippen LogP contribution < -0.4 is 5.73 Å². The van der Waals surface area contributed by atoms with E-state index < -0.39 is 0 Å². The number of benzene rings is 1. The van der Waals surface area contributed by atoms with Crippen LogP contribution in [0, 0.1) is 20.8 Å². The van der Waals surface area contributed by atoms with Gasteiger partial charge in [0.05, 0.1) is 0 Å². The van der Waals surface area contributed by atoms with Crippen LogP contribution in [0.5, 0.6) is 0 Å². The molecule has 0 unspecified atom stereocenters. The van der Waals surface area contributed by atoms with Crippen LogP contribution in [-0.2, 0) is 0 Å². The first-order valence-electron chi connectivity index (χ1n) is 5.38. The Kier molecular flexibility index (Phi) is 2.65. The summed E-state index contributed by atoms with van der Waals surface area (Å²) in [6.07, 6.45) is 0. The number of nitrogens with two attached hydrogens (primary N) is 1. The van der Waals surface area contributed by atoms with Gasteiger partial charge in [-0.1, -0.05) is 29.3 Å². The number of pyridine rings is 1. The predicted molar refractivity (Wildman–Crippen MR) is 68.3 cm³/mol. The number of rotatable bonds is 1. The largest absolute Gasteiger partial charge is 0.384 e. The minimum atomic E-state index is 0.575. The van der Waals surface area contributed by atoms with E-state index in [1.165, 1.54) is 16.7 Å². The molecule has 2 aromatic rings. The second kappa shape index (κ2) is 3.97. The molecule has 0 saturated carbocycles. The highest BCUT2D eigenvalue weighted by Crippen LogP contribution is 2.25. The van der Waals surface area contributed by atoms with Gasteiger partial charge in [-0.15, -0.1) is 0 Å². The topological polar surface area (TPSA) is 38.9 Å². The number of hydrogen-bond acceptors (Lipinski definition) is 2. The number of nitrogens with zero attached hydrogens (tertiary/aromatic N) is 1. The van der Waals surface area contributed by atoms with Crippen molar-refractivity contribution >= 4 is 5.82 Å². The molecule has 82 valence electrons. The van der Waals surface area contributed by atoms with Crippen molar-refractivity contribution in [2.75, 3.05) is 5.73 Å². The molecule has 1 heterocycles. The highest BCUT2D eigenvalue weighted by molar-refractivity contribution is 5.68. The van der Waals surface area contributed by atoms with E-state index in [-0.39, 0.29) is 0 Å². The zero-order valence-electron chi connectivity index (χ0n) is 9.91. The third-order valence-corrected chi connectivity index (χ3v) is 2.64. The lowest BCUT2D eigenvalue weighted by Crippen LogP contribution is -1.94. The van der Waals surface area contributed by atoms with Crippen molar-refractivity contribution in [3.05, 3.63) is 47.2 Å². The lowest BCUT2D eigenvalue weighted by molar-refractivity contribution is 1.21. The van der Waals surface area contributed by atoms with Crippen LogP contribution in [0.3, 0.4) is 0 Å². The fraction of sp³-hybridized carbons (Fsp3) is 0.214. The van der Waals surface area contributed by atoms with E-state index >= 15 is 0 Å². The van der Waals surface area contributed by atoms with Gasteiger partial charge in [0, 0.05) is 11.3 Å². The zero-order valence-corrected chi connectivity index (χ0v) is 9.91. The highest BCUT2D eigenvalue weighted by atomic mass is 14.8. The van der Waals surface area contributed by atoms with Gasteiger partial charge in [-0.05, 0) is 38.5 Å². The standard InChI is InChI=1S/C14H16N2/c1-9-6-10(2)8-12(7-9)13-4-5-14(15)16-11(13)3/h4-8H,1-3H3,(H2,15,16). The molecule has 0 bridgehead atoms. The van der Waals surface area contributed by atoms with Crippen molar-refractivity contribution in [2.24, 2.45) is 0 Å². The van der Waals surface area contributed by atoms with E-state index in [0.29, 0.717) is 5.82 Å². The summed E-state index contributed by atoms with van der Waals surface area (Å²) in [6, 6.07) is 10.4. The minimum Gasteiger partial charge on any atom is -0.384 e. The summed E-state index contributed by atoms with van der Waals surface area (Å²) >= 11 is 0. The normalized spacial score (nSPS) is 10.4. The Bertz CT molecular complexity index is 510. The van der Waals surface area contributed by atoms with Crippen molar-refractivity contribution in [3.8, 4) is 11.1 Å². The molecule has 0 atom stereocenters. The Hall–Kier alpha value is -1.83. The van der Waals surface area contributed by atoms with Gasteiger partial charge in [-0.3, -0.25) is 0 Å². The van der Waals surface area contributed by atoms with Crippen molar-refractivity contribution in [3.63, 3.8) is 0 Å². The third kappa shape index (κ3) is 2.06. The number of aryl methyl sites for hydroxylation is 3. The van der Waals surface area contributed by atoms with Gasteiger partial charge in [0.2, 0.25) is 0 Å². The van der Waals surface area contributed by atoms with Crippen LogP contribution >= 0.6 is 0 Å². The van der Waals surface area contributed by atoms with Crippen LogP contribution in [0.25, 0.3) is 11.1 Å². The Morgan fingerprint density at radius 1 is 0.938 bits per heavy atom. The summed E-state index contributed by atoms with van der Waals surface area (Å²) in [5.41, 5.74) is 11.5. The van der Waals surface area contributed by atoms with Crippen LogP contribution in [-0.4, -0.2) is 4.98 Å². The van der Waals surface area contributed by atoms with E-state index in [4.69, 9.17) is 5.73 Å². The zero-order chi connectivity index (χ0) is 11.7. The molecule has 0 aliphatic rings. The van der Waals surface area contributed by atoms with Crippen LogP contribution in [0.15, 0.2) is 30.3 Å². The third-order valence-electron chi connectivity index (χ3n) is 2.64. The van der Waals surface area contributed by atoms with Crippen molar-refractivity contribution in [1.82, 2.24) is 4.98 Å². The fourth-order valence-corrected chi connectivity index (χ4v) is 2.02. The van der Waals surface area contributed by atoms with Gasteiger partial charge < -0.3 is 5.73 Å². The summed E-state index contributed by atoms with van der Waals surface area (Å²) in [4.78, 5) is 4.29. The SMILES string of the molecule is Cc1cc(C)cc(-c2ccc(N)nc2C)c1. The molecular formula is C14H16N2. The quantitative estimate of drug-likeness (QED) is 0.788. The Labute approximate surface area is 96.1 Å². The van der Waals surface area contributed by atoms with E-state index in [2.05, 4.69) is 37.0 Å². The molecule has 0 fully saturated rings. The maximum Gasteiger partial charge on any atom is 0.123 e. The monoisotopic (exact) mass is 212 g/mol. The first-order chi connectivity index (χ1) is 7.56. The second-order valence-corrected chi connectivity index (χ2v) is 4.25. The molecule has 0 amide bonds. The molecule has 16 heavy (non-hydrogen) atoms. The molecular weight excluding hydrogens is 196 g/mol. The van der Waals surface area contributed by atoms with Gasteiger partial charge in [-0.2, -0.15) is 0 Å². The number of aromatic nitrogens is 1. The van der Waals surface area contributed by atoms with E-state index in [0.717, 1.165) is 11.3 Å². The van der Waals surface area contributed by atoms with Gasteiger partial charge in [-0.25, -0.2) is 4.98 Å².